The number of hydrogen-bond donors (Lipinski definition) is 1. The van der Waals surface area contributed by atoms with Gasteiger partial charge in [-0.25, -0.2) is 0 Å². The summed E-state index contributed by atoms with van der Waals surface area (Å²) in [5.41, 5.74) is 5.17. The van der Waals surface area contributed by atoms with Crippen LogP contribution in [0.15, 0.2) is 0 Å². The first-order chi connectivity index (χ1) is 5.68. The van der Waals surface area contributed by atoms with E-state index in [1.165, 1.54) is 0 Å². The lowest BCUT2D eigenvalue weighted by Gasteiger charge is -3.05. The Labute approximate surface area is 68.3 Å². The van der Waals surface area contributed by atoms with E-state index in [9.17, 15) is 10.1 Å². The lowest BCUT2D eigenvalue weighted by atomic mass is 8.96. The molecule has 0 aliphatic heterocycles. The van der Waals surface area contributed by atoms with Gasteiger partial charge in [-0.15, -0.1) is 0 Å². The summed E-state index contributed by atoms with van der Waals surface area (Å²) >= 11 is 0. The molecule has 0 aromatic heterocycles. The van der Waals surface area contributed by atoms with Crippen LogP contribution in [-0.2, 0) is 0 Å². The minimum atomic E-state index is -0.595. The van der Waals surface area contributed by atoms with E-state index in [2.05, 4.69) is 0 Å². The van der Waals surface area contributed by atoms with Crippen LogP contribution < -0.4 is 5.73 Å². The standard InChI is InChI=1S/C8H8N2O2/c9-7-3-1-2-5(3)8(7,10(11)12)6(2)4(1)7/h1-6H,9H2. The van der Waals surface area contributed by atoms with Crippen LogP contribution in [0, 0.1) is 45.6 Å². The molecule has 0 radical (unpaired) electrons. The number of nitrogens with two attached hydrogens (primary N) is 1. The first-order valence-corrected chi connectivity index (χ1v) is 4.62. The zero-order valence-corrected chi connectivity index (χ0v) is 6.31. The van der Waals surface area contributed by atoms with Gasteiger partial charge in [0.15, 0.2) is 0 Å². The summed E-state index contributed by atoms with van der Waals surface area (Å²) in [5, 5.41) is 10.9. The van der Waals surface area contributed by atoms with Gasteiger partial charge in [0, 0.05) is 16.8 Å². The van der Waals surface area contributed by atoms with Crippen LogP contribution in [0.2, 0.25) is 0 Å². The van der Waals surface area contributed by atoms with Gasteiger partial charge in [0.25, 0.3) is 0 Å². The summed E-state index contributed by atoms with van der Waals surface area (Å²) in [7, 11) is 0. The Morgan fingerprint density at radius 1 is 1.17 bits per heavy atom. The monoisotopic (exact) mass is 164 g/mol. The molecule has 4 atom stereocenters. The number of rotatable bonds is 1. The molecule has 6 rings (SSSR count). The van der Waals surface area contributed by atoms with Gasteiger partial charge in [-0.05, 0) is 23.7 Å². The molecule has 0 saturated heterocycles. The van der Waals surface area contributed by atoms with Gasteiger partial charge in [0.1, 0.15) is 0 Å². The van der Waals surface area contributed by atoms with Crippen molar-refractivity contribution in [2.75, 3.05) is 0 Å². The van der Waals surface area contributed by atoms with E-state index in [-0.39, 0.29) is 10.5 Å². The van der Waals surface area contributed by atoms with E-state index < -0.39 is 5.54 Å². The van der Waals surface area contributed by atoms with Gasteiger partial charge in [-0.1, -0.05) is 0 Å². The van der Waals surface area contributed by atoms with Crippen LogP contribution in [0.1, 0.15) is 0 Å². The summed E-state index contributed by atoms with van der Waals surface area (Å²) in [5.74, 6) is 3.56. The Morgan fingerprint density at radius 3 is 2.00 bits per heavy atom. The molecule has 4 heteroatoms. The molecule has 2 N–H and O–H groups in total. The molecule has 6 aliphatic carbocycles. The fraction of sp³-hybridized carbons (Fsp3) is 1.00. The van der Waals surface area contributed by atoms with E-state index in [0.717, 1.165) is 11.8 Å². The highest BCUT2D eigenvalue weighted by Crippen LogP contribution is 3.03. The van der Waals surface area contributed by atoms with Crippen LogP contribution >= 0.6 is 0 Å². The van der Waals surface area contributed by atoms with Gasteiger partial charge in [-0.2, -0.15) is 0 Å². The summed E-state index contributed by atoms with van der Waals surface area (Å²) in [6, 6.07) is 0. The predicted molar refractivity (Wildman–Crippen MR) is 37.6 cm³/mol. The minimum absolute atomic E-state index is 0.0544. The van der Waals surface area contributed by atoms with Crippen molar-refractivity contribution in [3.63, 3.8) is 0 Å². The number of hydrogen-bond acceptors (Lipinski definition) is 3. The third-order valence-electron chi connectivity index (χ3n) is 5.99. The average Bonchev–Trinajstić information content (AvgIpc) is 2.03. The molecule has 4 nitrogen and oxygen atoms in total. The number of nitro groups is 1. The lowest BCUT2D eigenvalue weighted by Crippen LogP contribution is -3.20. The van der Waals surface area contributed by atoms with Crippen molar-refractivity contribution in [3.8, 4) is 0 Å². The Hall–Kier alpha value is -0.640. The van der Waals surface area contributed by atoms with Gasteiger partial charge >= 0.3 is 0 Å². The van der Waals surface area contributed by atoms with Crippen molar-refractivity contribution >= 4 is 0 Å². The van der Waals surface area contributed by atoms with Crippen molar-refractivity contribution in [2.24, 2.45) is 41.2 Å². The molecular weight excluding hydrogens is 156 g/mol. The molecule has 0 spiro atoms. The van der Waals surface area contributed by atoms with E-state index in [4.69, 9.17) is 5.73 Å². The second kappa shape index (κ2) is 0.867. The molecule has 6 fully saturated rings. The second-order valence-corrected chi connectivity index (χ2v) is 5.27. The molecular formula is C8H8N2O2. The molecule has 4 unspecified atom stereocenters. The van der Waals surface area contributed by atoms with Crippen LogP contribution in [0.5, 0.6) is 0 Å². The minimum Gasteiger partial charge on any atom is -0.319 e. The van der Waals surface area contributed by atoms with Crippen LogP contribution in [0.4, 0.5) is 0 Å². The maximum Gasteiger partial charge on any atom is 0.247 e. The smallest absolute Gasteiger partial charge is 0.247 e. The second-order valence-electron chi connectivity index (χ2n) is 5.27. The lowest BCUT2D eigenvalue weighted by molar-refractivity contribution is -0.784. The van der Waals surface area contributed by atoms with Gasteiger partial charge < -0.3 is 5.73 Å². The van der Waals surface area contributed by atoms with Crippen molar-refractivity contribution in [1.29, 1.82) is 0 Å². The predicted octanol–water partition coefficient (Wildman–Crippen LogP) is -0.535. The van der Waals surface area contributed by atoms with Gasteiger partial charge in [0.2, 0.25) is 5.54 Å². The SMILES string of the molecule is NC12C3C4C5C3C1([N+](=O)[O-])C5C42. The first-order valence-electron chi connectivity index (χ1n) is 4.62. The van der Waals surface area contributed by atoms with Crippen molar-refractivity contribution < 1.29 is 4.92 Å². The van der Waals surface area contributed by atoms with Crippen LogP contribution in [0.25, 0.3) is 0 Å². The largest absolute Gasteiger partial charge is 0.319 e. The zero-order valence-electron chi connectivity index (χ0n) is 6.31. The Kier molecular flexibility index (Phi) is 0.373. The zero-order chi connectivity index (χ0) is 8.04. The average molecular weight is 164 g/mol. The molecule has 0 aromatic carbocycles. The molecule has 6 aliphatic rings. The van der Waals surface area contributed by atoms with Gasteiger partial charge in [-0.3, -0.25) is 10.1 Å². The maximum absolute atomic E-state index is 10.9. The fourth-order valence-electron chi connectivity index (χ4n) is 5.96. The summed E-state index contributed by atoms with van der Waals surface area (Å²) in [6.07, 6.45) is 0. The van der Waals surface area contributed by atoms with Crippen LogP contribution in [0.3, 0.4) is 0 Å². The van der Waals surface area contributed by atoms with Gasteiger partial charge in [0.05, 0.1) is 5.54 Å². The molecule has 0 bridgehead atoms. The topological polar surface area (TPSA) is 69.2 Å². The third-order valence-corrected chi connectivity index (χ3v) is 5.99. The summed E-state index contributed by atoms with van der Waals surface area (Å²) in [4.78, 5) is 10.9. The van der Waals surface area contributed by atoms with Crippen molar-refractivity contribution in [3.05, 3.63) is 10.1 Å². The Balaban J connectivity index is 1.80. The normalized spacial score (nSPS) is 88.1. The third kappa shape index (κ3) is 0.149. The van der Waals surface area contributed by atoms with E-state index in [1.54, 1.807) is 0 Å². The van der Waals surface area contributed by atoms with E-state index in [0.29, 0.717) is 23.7 Å². The Morgan fingerprint density at radius 2 is 1.67 bits per heavy atom. The van der Waals surface area contributed by atoms with E-state index in [1.807, 2.05) is 0 Å². The molecule has 0 aromatic rings. The highest BCUT2D eigenvalue weighted by Gasteiger charge is 3.16. The van der Waals surface area contributed by atoms with Crippen molar-refractivity contribution in [1.82, 2.24) is 0 Å². The maximum atomic E-state index is 10.9. The fourth-order valence-corrected chi connectivity index (χ4v) is 5.96. The van der Waals surface area contributed by atoms with Crippen LogP contribution in [-0.4, -0.2) is 16.0 Å². The van der Waals surface area contributed by atoms with Crippen molar-refractivity contribution in [2.45, 2.75) is 11.1 Å². The molecule has 62 valence electrons. The van der Waals surface area contributed by atoms with E-state index >= 15 is 0 Å². The Bertz CT molecular complexity index is 359. The summed E-state index contributed by atoms with van der Waals surface area (Å²) < 4.78 is 0. The molecule has 12 heavy (non-hydrogen) atoms. The molecule has 6 saturated carbocycles. The molecule has 0 amide bonds. The first kappa shape index (κ1) is 5.17. The number of nitrogens with zero attached hydrogens (tertiary/aromatic N) is 1. The molecule has 0 heterocycles. The highest BCUT2D eigenvalue weighted by atomic mass is 16.6. The highest BCUT2D eigenvalue weighted by molar-refractivity contribution is 5.60. The summed E-state index contributed by atoms with van der Waals surface area (Å²) in [6.45, 7) is 0. The quantitative estimate of drug-likeness (QED) is 0.418.